The second-order valence-corrected chi connectivity index (χ2v) is 6.60. The molecule has 1 aromatic carbocycles. The van der Waals surface area contributed by atoms with Crippen LogP contribution in [0.1, 0.15) is 38.6 Å². The topological polar surface area (TPSA) is 61.0 Å². The van der Waals surface area contributed by atoms with Crippen LogP contribution in [0.5, 0.6) is 0 Å². The Labute approximate surface area is 148 Å². The Hall–Kier alpha value is -2.27. The van der Waals surface area contributed by atoms with E-state index < -0.39 is 0 Å². The summed E-state index contributed by atoms with van der Waals surface area (Å²) in [4.78, 5) is 13.3. The molecule has 0 bridgehead atoms. The van der Waals surface area contributed by atoms with Crippen LogP contribution in [0.15, 0.2) is 35.3 Å². The number of hydrogen-bond donors (Lipinski definition) is 0. The molecule has 0 aliphatic rings. The number of hydrogen-bond acceptors (Lipinski definition) is 5. The fourth-order valence-electron chi connectivity index (χ4n) is 2.81. The molecular weight excluding hydrogens is 314 g/mol. The van der Waals surface area contributed by atoms with E-state index in [0.29, 0.717) is 19.1 Å². The van der Waals surface area contributed by atoms with Crippen molar-refractivity contribution in [2.24, 2.45) is 5.92 Å². The van der Waals surface area contributed by atoms with Gasteiger partial charge in [-0.15, -0.1) is 0 Å². The van der Waals surface area contributed by atoms with E-state index in [1.54, 1.807) is 6.20 Å². The summed E-state index contributed by atoms with van der Waals surface area (Å²) in [5.74, 6) is 2.32. The van der Waals surface area contributed by atoms with Crippen molar-refractivity contribution in [1.82, 2.24) is 15.0 Å². The monoisotopic (exact) mass is 339 g/mol. The lowest BCUT2D eigenvalue weighted by Crippen LogP contribution is -2.02. The van der Waals surface area contributed by atoms with Gasteiger partial charge in [-0.1, -0.05) is 13.8 Å². The van der Waals surface area contributed by atoms with Crippen LogP contribution in [-0.2, 0) is 17.6 Å². The van der Waals surface area contributed by atoms with Gasteiger partial charge >= 0.3 is 0 Å². The maximum Gasteiger partial charge on any atom is 0.181 e. The number of ether oxygens (including phenoxy) is 1. The maximum absolute atomic E-state index is 5.53. The summed E-state index contributed by atoms with van der Waals surface area (Å²) >= 11 is 0. The number of benzene rings is 1. The zero-order valence-corrected chi connectivity index (χ0v) is 15.2. The summed E-state index contributed by atoms with van der Waals surface area (Å²) in [5, 5.41) is 1.01. The lowest BCUT2D eigenvalue weighted by molar-refractivity contribution is 0.151. The molecular formula is C20H25N3O2. The molecule has 0 radical (unpaired) electrons. The highest BCUT2D eigenvalue weighted by Crippen LogP contribution is 2.28. The Morgan fingerprint density at radius 1 is 1.16 bits per heavy atom. The van der Waals surface area contributed by atoms with Gasteiger partial charge in [-0.25, -0.2) is 15.0 Å². The van der Waals surface area contributed by atoms with E-state index in [4.69, 9.17) is 14.1 Å². The third-order valence-electron chi connectivity index (χ3n) is 4.22. The molecule has 5 nitrogen and oxygen atoms in total. The lowest BCUT2D eigenvalue weighted by Gasteiger charge is -2.10. The van der Waals surface area contributed by atoms with Crippen molar-refractivity contribution in [2.75, 3.05) is 13.2 Å². The number of oxazole rings is 1. The molecule has 0 unspecified atom stereocenters. The fraction of sp³-hybridized carbons (Fsp3) is 0.450. The molecule has 0 fully saturated rings. The van der Waals surface area contributed by atoms with E-state index in [-0.39, 0.29) is 0 Å². The Balaban J connectivity index is 1.96. The Morgan fingerprint density at radius 3 is 2.76 bits per heavy atom. The van der Waals surface area contributed by atoms with E-state index in [2.05, 4.69) is 35.9 Å². The molecule has 2 heterocycles. The Morgan fingerprint density at radius 2 is 2.04 bits per heavy atom. The molecule has 0 atom stereocenters. The molecule has 2 aromatic heterocycles. The number of fused-ring (bicyclic) bond motifs is 1. The SMILES string of the molecule is CCOCCc1cc2nc(CCC(C)C)ncc2cc1-c1cnco1. The van der Waals surface area contributed by atoms with Crippen LogP contribution in [0, 0.1) is 5.92 Å². The summed E-state index contributed by atoms with van der Waals surface area (Å²) in [6.07, 6.45) is 7.92. The van der Waals surface area contributed by atoms with E-state index in [0.717, 1.165) is 52.9 Å². The van der Waals surface area contributed by atoms with Gasteiger partial charge in [0.05, 0.1) is 18.3 Å². The van der Waals surface area contributed by atoms with Crippen LogP contribution >= 0.6 is 0 Å². The van der Waals surface area contributed by atoms with Crippen LogP contribution in [0.2, 0.25) is 0 Å². The Kier molecular flexibility index (Phi) is 5.76. The second-order valence-electron chi connectivity index (χ2n) is 6.60. The summed E-state index contributed by atoms with van der Waals surface area (Å²) < 4.78 is 11.0. The third-order valence-corrected chi connectivity index (χ3v) is 4.22. The highest BCUT2D eigenvalue weighted by atomic mass is 16.5. The van der Waals surface area contributed by atoms with Gasteiger partial charge in [0.25, 0.3) is 0 Å². The third kappa shape index (κ3) is 4.42. The molecule has 0 amide bonds. The van der Waals surface area contributed by atoms with Crippen LogP contribution in [0.4, 0.5) is 0 Å². The number of aromatic nitrogens is 3. The Bertz CT molecular complexity index is 813. The molecule has 0 spiro atoms. The first-order valence-corrected chi connectivity index (χ1v) is 8.92. The molecule has 0 N–H and O–H groups in total. The first-order chi connectivity index (χ1) is 12.2. The van der Waals surface area contributed by atoms with E-state index in [1.807, 2.05) is 13.1 Å². The van der Waals surface area contributed by atoms with E-state index in [1.165, 1.54) is 6.39 Å². The van der Waals surface area contributed by atoms with Gasteiger partial charge in [-0.2, -0.15) is 0 Å². The predicted molar refractivity (Wildman–Crippen MR) is 98.4 cm³/mol. The predicted octanol–water partition coefficient (Wildman–Crippen LogP) is 4.45. The zero-order valence-electron chi connectivity index (χ0n) is 15.2. The average Bonchev–Trinajstić information content (AvgIpc) is 3.13. The molecule has 5 heteroatoms. The highest BCUT2D eigenvalue weighted by molar-refractivity contribution is 5.84. The van der Waals surface area contributed by atoms with Crippen molar-refractivity contribution in [3.05, 3.63) is 42.3 Å². The van der Waals surface area contributed by atoms with Crippen molar-refractivity contribution in [3.63, 3.8) is 0 Å². The molecule has 0 aliphatic carbocycles. The van der Waals surface area contributed by atoms with Crippen LogP contribution in [0.3, 0.4) is 0 Å². The quantitative estimate of drug-likeness (QED) is 0.567. The van der Waals surface area contributed by atoms with Crippen LogP contribution < -0.4 is 0 Å². The molecule has 0 aliphatic heterocycles. The molecule has 3 aromatic rings. The summed E-state index contributed by atoms with van der Waals surface area (Å²) in [5.41, 5.74) is 3.16. The molecule has 3 rings (SSSR count). The van der Waals surface area contributed by atoms with Crippen molar-refractivity contribution in [2.45, 2.75) is 40.0 Å². The smallest absolute Gasteiger partial charge is 0.181 e. The van der Waals surface area contributed by atoms with E-state index in [9.17, 15) is 0 Å². The van der Waals surface area contributed by atoms with Gasteiger partial charge in [-0.3, -0.25) is 0 Å². The minimum Gasteiger partial charge on any atom is -0.444 e. The van der Waals surface area contributed by atoms with Crippen molar-refractivity contribution in [1.29, 1.82) is 0 Å². The molecule has 25 heavy (non-hydrogen) atoms. The largest absolute Gasteiger partial charge is 0.444 e. The van der Waals surface area contributed by atoms with Gasteiger partial charge in [0, 0.05) is 30.2 Å². The number of rotatable bonds is 8. The summed E-state index contributed by atoms with van der Waals surface area (Å²) in [7, 11) is 0. The molecule has 0 saturated heterocycles. The average molecular weight is 339 g/mol. The minimum absolute atomic E-state index is 0.648. The van der Waals surface area contributed by atoms with E-state index >= 15 is 0 Å². The minimum atomic E-state index is 0.648. The van der Waals surface area contributed by atoms with Crippen molar-refractivity contribution in [3.8, 4) is 11.3 Å². The maximum atomic E-state index is 5.53. The lowest BCUT2D eigenvalue weighted by atomic mass is 10.0. The van der Waals surface area contributed by atoms with Gasteiger partial charge in [0.2, 0.25) is 0 Å². The standard InChI is InChI=1S/C20H25N3O2/c1-4-24-8-7-15-10-18-16(9-17(15)19-12-21-13-25-19)11-22-20(23-18)6-5-14(2)3/h9-14H,4-8H2,1-3H3. The molecule has 132 valence electrons. The van der Waals surface area contributed by atoms with Gasteiger partial charge < -0.3 is 9.15 Å². The number of nitrogens with zero attached hydrogens (tertiary/aromatic N) is 3. The van der Waals surface area contributed by atoms with Gasteiger partial charge in [0.15, 0.2) is 12.2 Å². The summed E-state index contributed by atoms with van der Waals surface area (Å²) in [6, 6.07) is 4.22. The first kappa shape index (κ1) is 17.5. The first-order valence-electron chi connectivity index (χ1n) is 8.92. The van der Waals surface area contributed by atoms with Crippen molar-refractivity contribution < 1.29 is 9.15 Å². The molecule has 0 saturated carbocycles. The second kappa shape index (κ2) is 8.21. The zero-order chi connectivity index (χ0) is 17.6. The van der Waals surface area contributed by atoms with Gasteiger partial charge in [-0.05, 0) is 43.4 Å². The number of aryl methyl sites for hydroxylation is 1. The van der Waals surface area contributed by atoms with Crippen LogP contribution in [0.25, 0.3) is 22.2 Å². The van der Waals surface area contributed by atoms with Crippen molar-refractivity contribution >= 4 is 10.9 Å². The normalized spacial score (nSPS) is 11.5. The fourth-order valence-corrected chi connectivity index (χ4v) is 2.81. The van der Waals surface area contributed by atoms with Crippen LogP contribution in [-0.4, -0.2) is 28.2 Å². The highest BCUT2D eigenvalue weighted by Gasteiger charge is 2.12. The summed E-state index contributed by atoms with van der Waals surface area (Å²) in [6.45, 7) is 7.83. The van der Waals surface area contributed by atoms with Gasteiger partial charge in [0.1, 0.15) is 5.82 Å².